The zero-order valence-corrected chi connectivity index (χ0v) is 31.2. The van der Waals surface area contributed by atoms with Crippen molar-refractivity contribution in [1.82, 2.24) is 25.5 Å². The molecule has 1 aromatic heterocycles. The van der Waals surface area contributed by atoms with Crippen LogP contribution in [-0.2, 0) is 29.6 Å². The lowest BCUT2D eigenvalue weighted by Crippen LogP contribution is -2.59. The van der Waals surface area contributed by atoms with Crippen molar-refractivity contribution in [2.75, 3.05) is 49.1 Å². The van der Waals surface area contributed by atoms with Crippen molar-refractivity contribution in [3.63, 3.8) is 0 Å². The molecule has 0 aliphatic carbocycles. The van der Waals surface area contributed by atoms with E-state index < -0.39 is 34.9 Å². The van der Waals surface area contributed by atoms with Crippen molar-refractivity contribution in [3.8, 4) is 11.8 Å². The molecule has 13 nitrogen and oxygen atoms in total. The van der Waals surface area contributed by atoms with Gasteiger partial charge in [-0.1, -0.05) is 33.8 Å². The summed E-state index contributed by atoms with van der Waals surface area (Å²) in [6, 6.07) is 4.45. The molecule has 15 heteroatoms. The Morgan fingerprint density at radius 2 is 1.91 bits per heavy atom. The molecule has 54 heavy (non-hydrogen) atoms. The summed E-state index contributed by atoms with van der Waals surface area (Å²) in [5, 5.41) is 16.4. The number of alkyl halides is 1. The standard InChI is InChI=1S/C39H47F2N7O6/c1-5-23-26(41)9-8-25-30(23)28(16-29(54-36(51)52)31(25)37(2,3)4)46-15-10-24-27(19-46)42-35(53-21-38-11-6-14-48(38)18-22(40)17-38)43-32(24)47-13-7-12-39(20-47)33(49)44-34(50)45-39/h8-9,16,22H,5-7,10-15,17-21H2,1-4H3,(H,51,52)(H2,44,45,49,50)/t22-,38+,39-/m1/s1. The number of amides is 3. The van der Waals surface area contributed by atoms with E-state index in [-0.39, 0.29) is 43.2 Å². The number of benzene rings is 2. The Morgan fingerprint density at radius 3 is 2.63 bits per heavy atom. The van der Waals surface area contributed by atoms with Crippen LogP contribution in [0.4, 0.5) is 29.9 Å². The Balaban J connectivity index is 1.22. The number of aryl methyl sites for hydroxylation is 1. The van der Waals surface area contributed by atoms with Gasteiger partial charge in [0, 0.05) is 54.3 Å². The number of hydrogen-bond donors (Lipinski definition) is 3. The van der Waals surface area contributed by atoms with Crippen LogP contribution in [0.15, 0.2) is 18.2 Å². The van der Waals surface area contributed by atoms with E-state index in [9.17, 15) is 23.9 Å². The molecule has 3 aromatic rings. The molecule has 5 aliphatic heterocycles. The molecular weight excluding hydrogens is 700 g/mol. The third-order valence-electron chi connectivity index (χ3n) is 12.0. The molecule has 5 aliphatic rings. The van der Waals surface area contributed by atoms with E-state index in [1.807, 2.05) is 32.6 Å². The van der Waals surface area contributed by atoms with Gasteiger partial charge >= 0.3 is 18.2 Å². The predicted octanol–water partition coefficient (Wildman–Crippen LogP) is 5.38. The second-order valence-corrected chi connectivity index (χ2v) is 16.5. The summed E-state index contributed by atoms with van der Waals surface area (Å²) in [7, 11) is 0. The van der Waals surface area contributed by atoms with Crippen molar-refractivity contribution < 1.29 is 37.7 Å². The fraction of sp³-hybridized carbons (Fsp3) is 0.564. The van der Waals surface area contributed by atoms with E-state index in [1.54, 1.807) is 12.1 Å². The van der Waals surface area contributed by atoms with Crippen LogP contribution in [0.1, 0.15) is 82.2 Å². The minimum absolute atomic E-state index is 0.136. The van der Waals surface area contributed by atoms with Gasteiger partial charge < -0.3 is 29.7 Å². The lowest BCUT2D eigenvalue weighted by molar-refractivity contribution is -0.124. The molecule has 3 amide bonds. The smallest absolute Gasteiger partial charge is 0.461 e. The second-order valence-electron chi connectivity index (χ2n) is 16.5. The summed E-state index contributed by atoms with van der Waals surface area (Å²) in [5.41, 5.74) is 1.29. The summed E-state index contributed by atoms with van der Waals surface area (Å²) in [4.78, 5) is 53.5. The molecule has 4 fully saturated rings. The zero-order valence-electron chi connectivity index (χ0n) is 31.2. The maximum absolute atomic E-state index is 15.6. The number of piperidine rings is 1. The first-order valence-electron chi connectivity index (χ1n) is 18.9. The van der Waals surface area contributed by atoms with Crippen LogP contribution >= 0.6 is 0 Å². The SMILES string of the molecule is CCc1c(F)ccc2c(C(C)(C)C)c(OC(=O)O)cc(N3CCc4c(nc(OC[C@@]56CCCN5C[C@H](F)C6)nc4N4CCC[C@]5(C4)NC(=O)NC5=O)C3)c12. The van der Waals surface area contributed by atoms with Crippen LogP contribution in [0.25, 0.3) is 10.8 Å². The first-order chi connectivity index (χ1) is 25.7. The van der Waals surface area contributed by atoms with Gasteiger partial charge in [-0.15, -0.1) is 0 Å². The van der Waals surface area contributed by atoms with Gasteiger partial charge in [0.15, 0.2) is 0 Å². The van der Waals surface area contributed by atoms with Crippen LogP contribution in [0.3, 0.4) is 0 Å². The maximum atomic E-state index is 15.6. The molecule has 2 aromatic carbocycles. The highest BCUT2D eigenvalue weighted by Crippen LogP contribution is 2.46. The van der Waals surface area contributed by atoms with Crippen molar-refractivity contribution in [2.45, 2.75) is 102 Å². The van der Waals surface area contributed by atoms with Gasteiger partial charge in [0.2, 0.25) is 0 Å². The van der Waals surface area contributed by atoms with E-state index >= 15 is 4.39 Å². The number of aromatic nitrogens is 2. The molecular formula is C39H47F2N7O6. The summed E-state index contributed by atoms with van der Waals surface area (Å²) in [5.74, 6) is 0.0824. The quantitative estimate of drug-likeness (QED) is 0.163. The number of urea groups is 1. The van der Waals surface area contributed by atoms with Crippen LogP contribution in [0, 0.1) is 5.82 Å². The van der Waals surface area contributed by atoms with Gasteiger partial charge in [-0.2, -0.15) is 9.97 Å². The number of ether oxygens (including phenoxy) is 2. The molecule has 4 saturated heterocycles. The Labute approximate surface area is 312 Å². The van der Waals surface area contributed by atoms with Gasteiger partial charge in [-0.05, 0) is 67.5 Å². The molecule has 3 N–H and O–H groups in total. The number of carboxylic acid groups (broad SMARTS) is 1. The number of carbonyl (C=O) groups is 3. The summed E-state index contributed by atoms with van der Waals surface area (Å²) in [6.07, 6.45) is 1.80. The monoisotopic (exact) mass is 747 g/mol. The summed E-state index contributed by atoms with van der Waals surface area (Å²) >= 11 is 0. The summed E-state index contributed by atoms with van der Waals surface area (Å²) < 4.78 is 42.1. The van der Waals surface area contributed by atoms with E-state index in [4.69, 9.17) is 19.4 Å². The summed E-state index contributed by atoms with van der Waals surface area (Å²) in [6.45, 7) is 10.8. The lowest BCUT2D eigenvalue weighted by atomic mass is 9.81. The molecule has 0 saturated carbocycles. The van der Waals surface area contributed by atoms with Crippen LogP contribution in [-0.4, -0.2) is 94.6 Å². The minimum atomic E-state index is -1.44. The van der Waals surface area contributed by atoms with E-state index in [0.717, 1.165) is 24.9 Å². The number of nitrogens with one attached hydrogen (secondary N) is 2. The van der Waals surface area contributed by atoms with Gasteiger partial charge in [-0.3, -0.25) is 15.0 Å². The highest BCUT2D eigenvalue weighted by molar-refractivity contribution is 6.07. The maximum Gasteiger partial charge on any atom is 0.511 e. The molecule has 0 radical (unpaired) electrons. The Bertz CT molecular complexity index is 2060. The van der Waals surface area contributed by atoms with Gasteiger partial charge in [-0.25, -0.2) is 18.4 Å². The fourth-order valence-electron chi connectivity index (χ4n) is 9.69. The highest BCUT2D eigenvalue weighted by atomic mass is 19.1. The number of imide groups is 1. The number of halogens is 2. The van der Waals surface area contributed by atoms with Crippen molar-refractivity contribution in [3.05, 3.63) is 46.4 Å². The Morgan fingerprint density at radius 1 is 1.11 bits per heavy atom. The number of rotatable bonds is 7. The number of carbonyl (C=O) groups excluding carboxylic acids is 2. The Kier molecular flexibility index (Phi) is 8.85. The molecule has 288 valence electrons. The number of anilines is 2. The van der Waals surface area contributed by atoms with Crippen LogP contribution in [0.5, 0.6) is 11.8 Å². The van der Waals surface area contributed by atoms with Gasteiger partial charge in [0.1, 0.15) is 35.7 Å². The van der Waals surface area contributed by atoms with Crippen LogP contribution in [0.2, 0.25) is 0 Å². The van der Waals surface area contributed by atoms with E-state index in [1.165, 1.54) is 6.07 Å². The molecule has 8 rings (SSSR count). The predicted molar refractivity (Wildman–Crippen MR) is 197 cm³/mol. The first-order valence-corrected chi connectivity index (χ1v) is 18.9. The zero-order chi connectivity index (χ0) is 38.2. The van der Waals surface area contributed by atoms with Crippen molar-refractivity contribution in [1.29, 1.82) is 0 Å². The Hall–Kier alpha value is -4.79. The van der Waals surface area contributed by atoms with E-state index in [2.05, 4.69) is 20.4 Å². The third-order valence-corrected chi connectivity index (χ3v) is 12.0. The minimum Gasteiger partial charge on any atom is -0.461 e. The first kappa shape index (κ1) is 36.2. The molecule has 6 heterocycles. The topological polar surface area (TPSA) is 149 Å². The second kappa shape index (κ2) is 13.2. The molecule has 3 atom stereocenters. The highest BCUT2D eigenvalue weighted by Gasteiger charge is 2.51. The number of fused-ring (bicyclic) bond motifs is 3. The van der Waals surface area contributed by atoms with E-state index in [0.29, 0.717) is 90.8 Å². The average Bonchev–Trinajstić information content (AvgIpc) is 3.73. The van der Waals surface area contributed by atoms with Gasteiger partial charge in [0.25, 0.3) is 5.91 Å². The van der Waals surface area contributed by atoms with Crippen molar-refractivity contribution in [2.24, 2.45) is 0 Å². The lowest BCUT2D eigenvalue weighted by Gasteiger charge is -2.41. The van der Waals surface area contributed by atoms with Crippen molar-refractivity contribution >= 4 is 40.4 Å². The molecule has 0 bridgehead atoms. The van der Waals surface area contributed by atoms with Crippen LogP contribution < -0.4 is 29.9 Å². The average molecular weight is 748 g/mol. The molecule has 0 unspecified atom stereocenters. The molecule has 1 spiro atoms. The normalized spacial score (nSPS) is 25.6. The fourth-order valence-corrected chi connectivity index (χ4v) is 9.69. The van der Waals surface area contributed by atoms with Gasteiger partial charge in [0.05, 0.1) is 24.3 Å². The third kappa shape index (κ3) is 6.13. The number of hydrogen-bond acceptors (Lipinski definition) is 10. The largest absolute Gasteiger partial charge is 0.511 e. The number of nitrogens with zero attached hydrogens (tertiary/aromatic N) is 5.